The Labute approximate surface area is 308 Å². The summed E-state index contributed by atoms with van der Waals surface area (Å²) in [4.78, 5) is 48.7. The van der Waals surface area contributed by atoms with E-state index in [1.807, 2.05) is 0 Å². The molecule has 0 spiro atoms. The van der Waals surface area contributed by atoms with Crippen molar-refractivity contribution in [1.29, 1.82) is 0 Å². The van der Waals surface area contributed by atoms with Crippen LogP contribution in [0.15, 0.2) is 0 Å². The highest BCUT2D eigenvalue weighted by Crippen LogP contribution is 2.14. The molecule has 0 radical (unpaired) electrons. The van der Waals surface area contributed by atoms with Gasteiger partial charge in [0.1, 0.15) is 6.04 Å². The van der Waals surface area contributed by atoms with Gasteiger partial charge in [-0.15, -0.1) is 0 Å². The molecule has 0 aliphatic heterocycles. The third kappa shape index (κ3) is 35.7. The Morgan fingerprint density at radius 3 is 1.16 bits per heavy atom. The lowest BCUT2D eigenvalue weighted by atomic mass is 10.0. The molecule has 0 saturated heterocycles. The van der Waals surface area contributed by atoms with E-state index in [0.29, 0.717) is 13.1 Å². The van der Waals surface area contributed by atoms with Gasteiger partial charge in [0.25, 0.3) is 0 Å². The minimum Gasteiger partial charge on any atom is -0.481 e. The lowest BCUT2D eigenvalue weighted by Crippen LogP contribution is -2.47. The summed E-state index contributed by atoms with van der Waals surface area (Å²) in [7, 11) is 0. The molecule has 0 aromatic carbocycles. The van der Waals surface area contributed by atoms with E-state index in [0.717, 1.165) is 32.1 Å². The first-order valence-electron chi connectivity index (χ1n) is 21.5. The van der Waals surface area contributed by atoms with Gasteiger partial charge in [-0.1, -0.05) is 181 Å². The standard InChI is InChI=1S/C42H81N3O5/c1-3-5-7-9-11-13-15-17-19-21-23-25-27-29-36-43-39(46)35-34-38(45-40(47)32-31-33-41(48)49)42(50)44-37-30-28-26-24-22-20-18-16-14-12-10-8-6-4-2/h38H,3-37H2,1-2H3,(H,43,46)(H,44,50)(H,45,47)(H,48,49)/t38-/m0/s1. The lowest BCUT2D eigenvalue weighted by Gasteiger charge is -2.18. The first-order valence-corrected chi connectivity index (χ1v) is 21.5. The molecular formula is C42H81N3O5. The number of carbonyl (C=O) groups is 4. The number of hydrogen-bond acceptors (Lipinski definition) is 4. The van der Waals surface area contributed by atoms with E-state index in [2.05, 4.69) is 29.8 Å². The molecule has 0 aromatic rings. The average molecular weight is 708 g/mol. The number of carboxylic acid groups (broad SMARTS) is 1. The molecule has 0 heterocycles. The molecule has 1 atom stereocenters. The SMILES string of the molecule is CCCCCCCCCCCCCCCCNC(=O)CC[C@H](NC(=O)CCCC(=O)O)C(=O)NCCCCCCCCCCCCCCCC. The van der Waals surface area contributed by atoms with Crippen LogP contribution in [0.4, 0.5) is 0 Å². The number of carboxylic acids is 1. The Kier molecular flexibility index (Phi) is 36.5. The number of rotatable bonds is 39. The van der Waals surface area contributed by atoms with E-state index in [4.69, 9.17) is 5.11 Å². The van der Waals surface area contributed by atoms with Crippen LogP contribution in [0.25, 0.3) is 0 Å². The van der Waals surface area contributed by atoms with Gasteiger partial charge < -0.3 is 21.1 Å². The second-order valence-electron chi connectivity index (χ2n) is 14.7. The highest BCUT2D eigenvalue weighted by Gasteiger charge is 2.21. The van der Waals surface area contributed by atoms with E-state index >= 15 is 0 Å². The number of amides is 3. The van der Waals surface area contributed by atoms with Crippen molar-refractivity contribution in [1.82, 2.24) is 16.0 Å². The van der Waals surface area contributed by atoms with Crippen molar-refractivity contribution in [3.8, 4) is 0 Å². The third-order valence-corrected chi connectivity index (χ3v) is 9.79. The van der Waals surface area contributed by atoms with E-state index < -0.39 is 12.0 Å². The fourth-order valence-corrected chi connectivity index (χ4v) is 6.50. The number of hydrogen-bond donors (Lipinski definition) is 4. The summed E-state index contributed by atoms with van der Waals surface area (Å²) in [6.07, 6.45) is 36.5. The Morgan fingerprint density at radius 1 is 0.420 bits per heavy atom. The molecule has 294 valence electrons. The van der Waals surface area contributed by atoms with Gasteiger partial charge in [-0.05, 0) is 25.7 Å². The second-order valence-corrected chi connectivity index (χ2v) is 14.7. The largest absolute Gasteiger partial charge is 0.481 e. The monoisotopic (exact) mass is 708 g/mol. The van der Waals surface area contributed by atoms with E-state index in [1.165, 1.54) is 148 Å². The number of unbranched alkanes of at least 4 members (excludes halogenated alkanes) is 26. The maximum atomic E-state index is 13.0. The van der Waals surface area contributed by atoms with Crippen LogP contribution in [0.2, 0.25) is 0 Å². The minimum absolute atomic E-state index is 0.0420. The minimum atomic E-state index is -0.948. The third-order valence-electron chi connectivity index (χ3n) is 9.79. The molecule has 0 saturated carbocycles. The van der Waals surface area contributed by atoms with Crippen LogP contribution < -0.4 is 16.0 Å². The summed E-state index contributed by atoms with van der Waals surface area (Å²) in [6.45, 7) is 5.70. The molecule has 0 aliphatic rings. The first-order chi connectivity index (χ1) is 24.4. The van der Waals surface area contributed by atoms with Crippen LogP contribution in [0.3, 0.4) is 0 Å². The molecule has 3 amide bonds. The second kappa shape index (κ2) is 38.1. The van der Waals surface area contributed by atoms with Crippen molar-refractivity contribution in [2.45, 2.75) is 232 Å². The molecule has 0 rings (SSSR count). The lowest BCUT2D eigenvalue weighted by molar-refractivity contribution is -0.137. The number of carbonyl (C=O) groups excluding carboxylic acids is 3. The van der Waals surface area contributed by atoms with Crippen LogP contribution in [0.1, 0.15) is 226 Å². The Hall–Kier alpha value is -2.12. The molecule has 8 nitrogen and oxygen atoms in total. The summed E-state index contributed by atoms with van der Waals surface area (Å²) in [5.74, 6) is -1.68. The summed E-state index contributed by atoms with van der Waals surface area (Å²) in [5.41, 5.74) is 0. The smallest absolute Gasteiger partial charge is 0.303 e. The molecule has 0 unspecified atom stereocenters. The maximum absolute atomic E-state index is 13.0. The average Bonchev–Trinajstić information content (AvgIpc) is 3.09. The first kappa shape index (κ1) is 47.9. The Balaban J connectivity index is 4.11. The normalized spacial score (nSPS) is 11.7. The number of nitrogens with one attached hydrogen (secondary N) is 3. The van der Waals surface area contributed by atoms with Crippen LogP contribution >= 0.6 is 0 Å². The van der Waals surface area contributed by atoms with Crippen molar-refractivity contribution >= 4 is 23.7 Å². The Morgan fingerprint density at radius 2 is 0.780 bits per heavy atom. The van der Waals surface area contributed by atoms with Crippen LogP contribution in [0, 0.1) is 0 Å². The topological polar surface area (TPSA) is 125 Å². The van der Waals surface area contributed by atoms with Gasteiger partial charge >= 0.3 is 5.97 Å². The highest BCUT2D eigenvalue weighted by molar-refractivity contribution is 5.88. The zero-order valence-electron chi connectivity index (χ0n) is 32.9. The van der Waals surface area contributed by atoms with Crippen molar-refractivity contribution in [3.63, 3.8) is 0 Å². The zero-order valence-corrected chi connectivity index (χ0v) is 32.9. The van der Waals surface area contributed by atoms with Gasteiger partial charge in [0, 0.05) is 32.4 Å². The van der Waals surface area contributed by atoms with E-state index in [9.17, 15) is 19.2 Å². The Bertz CT molecular complexity index is 806. The van der Waals surface area contributed by atoms with Crippen molar-refractivity contribution < 1.29 is 24.3 Å². The predicted molar refractivity (Wildman–Crippen MR) is 209 cm³/mol. The molecule has 4 N–H and O–H groups in total. The molecule has 0 aliphatic carbocycles. The summed E-state index contributed by atoms with van der Waals surface area (Å²) < 4.78 is 0. The highest BCUT2D eigenvalue weighted by atomic mass is 16.4. The molecule has 0 fully saturated rings. The van der Waals surface area contributed by atoms with Crippen LogP contribution in [-0.4, -0.2) is 47.9 Å². The summed E-state index contributed by atoms with van der Waals surface area (Å²) >= 11 is 0. The van der Waals surface area contributed by atoms with E-state index in [-0.39, 0.29) is 49.8 Å². The maximum Gasteiger partial charge on any atom is 0.303 e. The summed E-state index contributed by atoms with van der Waals surface area (Å²) in [5, 5.41) is 17.5. The predicted octanol–water partition coefficient (Wildman–Crippen LogP) is 10.7. The van der Waals surface area contributed by atoms with Gasteiger partial charge in [-0.3, -0.25) is 19.2 Å². The fourth-order valence-electron chi connectivity index (χ4n) is 6.50. The number of aliphatic carboxylic acids is 1. The van der Waals surface area contributed by atoms with Gasteiger partial charge in [0.2, 0.25) is 17.7 Å². The molecule has 8 heteroatoms. The van der Waals surface area contributed by atoms with E-state index in [1.54, 1.807) is 0 Å². The summed E-state index contributed by atoms with van der Waals surface area (Å²) in [6, 6.07) is -0.800. The molecule has 0 bridgehead atoms. The molecule has 50 heavy (non-hydrogen) atoms. The zero-order chi connectivity index (χ0) is 36.8. The van der Waals surface area contributed by atoms with Crippen molar-refractivity contribution in [2.24, 2.45) is 0 Å². The van der Waals surface area contributed by atoms with Gasteiger partial charge in [0.15, 0.2) is 0 Å². The molecule has 0 aromatic heterocycles. The van der Waals surface area contributed by atoms with Crippen molar-refractivity contribution in [3.05, 3.63) is 0 Å². The van der Waals surface area contributed by atoms with Crippen LogP contribution in [0.5, 0.6) is 0 Å². The van der Waals surface area contributed by atoms with Crippen molar-refractivity contribution in [2.75, 3.05) is 13.1 Å². The van der Waals surface area contributed by atoms with Gasteiger partial charge in [0.05, 0.1) is 0 Å². The van der Waals surface area contributed by atoms with Crippen LogP contribution in [-0.2, 0) is 19.2 Å². The fraction of sp³-hybridized carbons (Fsp3) is 0.905. The van der Waals surface area contributed by atoms with Gasteiger partial charge in [-0.2, -0.15) is 0 Å². The quantitative estimate of drug-likeness (QED) is 0.0473. The molecular weight excluding hydrogens is 626 g/mol. The van der Waals surface area contributed by atoms with Gasteiger partial charge in [-0.25, -0.2) is 0 Å².